The lowest BCUT2D eigenvalue weighted by atomic mass is 9.91. The highest BCUT2D eigenvalue weighted by Gasteiger charge is 2.35. The van der Waals surface area contributed by atoms with Crippen LogP contribution in [0.5, 0.6) is 0 Å². The Labute approximate surface area is 134 Å². The molecule has 0 radical (unpaired) electrons. The summed E-state index contributed by atoms with van der Waals surface area (Å²) in [4.78, 5) is 24.4. The number of carbonyl (C=O) groups is 2. The van der Waals surface area contributed by atoms with Crippen LogP contribution in [0.4, 0.5) is 5.69 Å². The summed E-state index contributed by atoms with van der Waals surface area (Å²) in [6, 6.07) is 7.30. The van der Waals surface area contributed by atoms with E-state index in [0.29, 0.717) is 12.2 Å². The van der Waals surface area contributed by atoms with Crippen molar-refractivity contribution in [3.63, 3.8) is 0 Å². The molecule has 116 valence electrons. The predicted octanol–water partition coefficient (Wildman–Crippen LogP) is 3.72. The van der Waals surface area contributed by atoms with Gasteiger partial charge in [0.15, 0.2) is 0 Å². The molecular formula is C16H23BrN2O2. The molecule has 5 heteroatoms. The summed E-state index contributed by atoms with van der Waals surface area (Å²) in [5.41, 5.74) is -0.435. The molecule has 2 amide bonds. The Morgan fingerprint density at radius 2 is 1.90 bits per heavy atom. The van der Waals surface area contributed by atoms with Crippen molar-refractivity contribution in [2.24, 2.45) is 5.41 Å². The van der Waals surface area contributed by atoms with Crippen LogP contribution < -0.4 is 10.6 Å². The van der Waals surface area contributed by atoms with Gasteiger partial charge < -0.3 is 10.6 Å². The van der Waals surface area contributed by atoms with Crippen molar-refractivity contribution in [3.05, 3.63) is 28.7 Å². The van der Waals surface area contributed by atoms with Crippen LogP contribution in [0, 0.1) is 5.41 Å². The highest BCUT2D eigenvalue weighted by molar-refractivity contribution is 9.10. The van der Waals surface area contributed by atoms with Gasteiger partial charge in [0.2, 0.25) is 11.8 Å². The summed E-state index contributed by atoms with van der Waals surface area (Å²) < 4.78 is 0.877. The predicted molar refractivity (Wildman–Crippen MR) is 89.1 cm³/mol. The van der Waals surface area contributed by atoms with Gasteiger partial charge in [-0.3, -0.25) is 9.59 Å². The van der Waals surface area contributed by atoms with Gasteiger partial charge in [0.1, 0.15) is 5.41 Å². The van der Waals surface area contributed by atoms with Crippen molar-refractivity contribution in [1.82, 2.24) is 5.32 Å². The van der Waals surface area contributed by atoms with E-state index >= 15 is 0 Å². The normalized spacial score (nSPS) is 11.0. The van der Waals surface area contributed by atoms with Crippen molar-refractivity contribution in [2.75, 3.05) is 11.9 Å². The van der Waals surface area contributed by atoms with Gasteiger partial charge in [-0.1, -0.05) is 41.8 Å². The highest BCUT2D eigenvalue weighted by Crippen LogP contribution is 2.21. The van der Waals surface area contributed by atoms with Crippen LogP contribution in [0.2, 0.25) is 0 Å². The third kappa shape index (κ3) is 5.50. The van der Waals surface area contributed by atoms with Crippen molar-refractivity contribution in [2.45, 2.75) is 40.0 Å². The second-order valence-corrected chi connectivity index (χ2v) is 6.47. The molecule has 0 aliphatic rings. The van der Waals surface area contributed by atoms with E-state index in [1.807, 2.05) is 12.1 Å². The first kappa shape index (κ1) is 17.7. The van der Waals surface area contributed by atoms with E-state index in [2.05, 4.69) is 33.5 Å². The molecule has 1 rings (SSSR count). The molecule has 1 aromatic carbocycles. The lowest BCUT2D eigenvalue weighted by Crippen LogP contribution is -2.45. The van der Waals surface area contributed by atoms with Gasteiger partial charge in [0.25, 0.3) is 0 Å². The Bertz CT molecular complexity index is 501. The summed E-state index contributed by atoms with van der Waals surface area (Å²) in [5.74, 6) is -0.556. The number of benzene rings is 1. The Kier molecular flexibility index (Phi) is 6.89. The zero-order valence-corrected chi connectivity index (χ0v) is 14.4. The molecule has 21 heavy (non-hydrogen) atoms. The van der Waals surface area contributed by atoms with E-state index in [1.54, 1.807) is 26.0 Å². The first-order chi connectivity index (χ1) is 9.87. The fraction of sp³-hybridized carbons (Fsp3) is 0.500. The lowest BCUT2D eigenvalue weighted by molar-refractivity contribution is -0.138. The SMILES string of the molecule is CCCCCNC(=O)C(C)(C)C(=O)Nc1cccc(Br)c1. The molecule has 0 heterocycles. The number of halogens is 1. The molecule has 0 aromatic heterocycles. The molecule has 0 aliphatic heterocycles. The molecule has 0 fully saturated rings. The van der Waals surface area contributed by atoms with E-state index in [1.165, 1.54) is 0 Å². The first-order valence-corrected chi connectivity index (χ1v) is 8.02. The van der Waals surface area contributed by atoms with Crippen LogP contribution in [0.15, 0.2) is 28.7 Å². The Balaban J connectivity index is 2.59. The van der Waals surface area contributed by atoms with E-state index in [4.69, 9.17) is 0 Å². The third-order valence-electron chi connectivity index (χ3n) is 3.28. The second-order valence-electron chi connectivity index (χ2n) is 5.55. The van der Waals surface area contributed by atoms with Crippen molar-refractivity contribution < 1.29 is 9.59 Å². The molecule has 0 unspecified atom stereocenters. The fourth-order valence-electron chi connectivity index (χ4n) is 1.75. The van der Waals surface area contributed by atoms with E-state index in [0.717, 1.165) is 23.7 Å². The number of anilines is 1. The molecule has 0 spiro atoms. The van der Waals surface area contributed by atoms with Crippen molar-refractivity contribution in [1.29, 1.82) is 0 Å². The number of amides is 2. The summed E-state index contributed by atoms with van der Waals surface area (Å²) in [6.45, 7) is 5.99. The van der Waals surface area contributed by atoms with Gasteiger partial charge in [-0.25, -0.2) is 0 Å². The van der Waals surface area contributed by atoms with Crippen molar-refractivity contribution >= 4 is 33.4 Å². The van der Waals surface area contributed by atoms with Crippen LogP contribution in [-0.4, -0.2) is 18.4 Å². The van der Waals surface area contributed by atoms with Crippen LogP contribution in [0.3, 0.4) is 0 Å². The molecule has 2 N–H and O–H groups in total. The smallest absolute Gasteiger partial charge is 0.239 e. The van der Waals surface area contributed by atoms with Gasteiger partial charge in [0, 0.05) is 16.7 Å². The quantitative estimate of drug-likeness (QED) is 0.579. The van der Waals surface area contributed by atoms with Gasteiger partial charge in [0.05, 0.1) is 0 Å². The highest BCUT2D eigenvalue weighted by atomic mass is 79.9. The average molecular weight is 355 g/mol. The molecule has 0 atom stereocenters. The Morgan fingerprint density at radius 1 is 1.19 bits per heavy atom. The minimum absolute atomic E-state index is 0.244. The molecule has 0 saturated heterocycles. The monoisotopic (exact) mass is 354 g/mol. The van der Waals surface area contributed by atoms with E-state index in [9.17, 15) is 9.59 Å². The lowest BCUT2D eigenvalue weighted by Gasteiger charge is -2.22. The maximum atomic E-state index is 12.3. The third-order valence-corrected chi connectivity index (χ3v) is 3.78. The maximum Gasteiger partial charge on any atom is 0.239 e. The topological polar surface area (TPSA) is 58.2 Å². The average Bonchev–Trinajstić information content (AvgIpc) is 2.43. The zero-order chi connectivity index (χ0) is 15.9. The van der Waals surface area contributed by atoms with Crippen LogP contribution in [-0.2, 0) is 9.59 Å². The van der Waals surface area contributed by atoms with Crippen LogP contribution in [0.25, 0.3) is 0 Å². The number of rotatable bonds is 7. The van der Waals surface area contributed by atoms with Gasteiger partial charge in [-0.15, -0.1) is 0 Å². The summed E-state index contributed by atoms with van der Waals surface area (Å²) in [7, 11) is 0. The fourth-order valence-corrected chi connectivity index (χ4v) is 2.15. The zero-order valence-electron chi connectivity index (χ0n) is 12.8. The van der Waals surface area contributed by atoms with Gasteiger partial charge in [-0.2, -0.15) is 0 Å². The molecule has 4 nitrogen and oxygen atoms in total. The molecule has 0 saturated carbocycles. The summed E-state index contributed by atoms with van der Waals surface area (Å²) in [6.07, 6.45) is 3.11. The van der Waals surface area contributed by atoms with E-state index in [-0.39, 0.29) is 11.8 Å². The summed E-state index contributed by atoms with van der Waals surface area (Å²) >= 11 is 3.35. The number of hydrogen-bond acceptors (Lipinski definition) is 2. The van der Waals surface area contributed by atoms with Crippen LogP contribution >= 0.6 is 15.9 Å². The van der Waals surface area contributed by atoms with Crippen LogP contribution in [0.1, 0.15) is 40.0 Å². The molecule has 0 aliphatic carbocycles. The molecular weight excluding hydrogens is 332 g/mol. The molecule has 1 aromatic rings. The minimum atomic E-state index is -1.10. The summed E-state index contributed by atoms with van der Waals surface area (Å²) in [5, 5.41) is 5.60. The first-order valence-electron chi connectivity index (χ1n) is 7.23. The standard InChI is InChI=1S/C16H23BrN2O2/c1-4-5-6-10-18-14(20)16(2,3)15(21)19-13-9-7-8-12(17)11-13/h7-9,11H,4-6,10H2,1-3H3,(H,18,20)(H,19,21). The Morgan fingerprint density at radius 3 is 2.52 bits per heavy atom. The largest absolute Gasteiger partial charge is 0.355 e. The van der Waals surface area contributed by atoms with Gasteiger partial charge >= 0.3 is 0 Å². The minimum Gasteiger partial charge on any atom is -0.355 e. The Hall–Kier alpha value is -1.36. The number of hydrogen-bond donors (Lipinski definition) is 2. The number of carbonyl (C=O) groups excluding carboxylic acids is 2. The van der Waals surface area contributed by atoms with Crippen molar-refractivity contribution in [3.8, 4) is 0 Å². The van der Waals surface area contributed by atoms with E-state index < -0.39 is 5.41 Å². The second kappa shape index (κ2) is 8.17. The number of unbranched alkanes of at least 4 members (excludes halogenated alkanes) is 2. The maximum absolute atomic E-state index is 12.3. The van der Waals surface area contributed by atoms with Gasteiger partial charge in [-0.05, 0) is 38.5 Å². The number of nitrogens with one attached hydrogen (secondary N) is 2. The molecule has 0 bridgehead atoms.